The minimum atomic E-state index is -0.00699. The Labute approximate surface area is 103 Å². The van der Waals surface area contributed by atoms with Crippen LogP contribution in [0.2, 0.25) is 0 Å². The second-order valence-corrected chi connectivity index (χ2v) is 5.37. The molecule has 94 valence electrons. The maximum absolute atomic E-state index is 12.1. The molecule has 16 heavy (non-hydrogen) atoms. The third-order valence-electron chi connectivity index (χ3n) is 3.19. The molecule has 3 atom stereocenters. The highest BCUT2D eigenvalue weighted by atomic mass is 32.2. The van der Waals surface area contributed by atoms with Gasteiger partial charge in [0.05, 0.1) is 12.2 Å². The van der Waals surface area contributed by atoms with E-state index in [1.54, 1.807) is 0 Å². The molecule has 0 saturated carbocycles. The molecule has 1 heterocycles. The topological polar surface area (TPSA) is 32.3 Å². The van der Waals surface area contributed by atoms with Crippen LogP contribution in [0.1, 0.15) is 40.0 Å². The van der Waals surface area contributed by atoms with Crippen molar-refractivity contribution >= 4 is 17.7 Å². The monoisotopic (exact) mass is 244 g/mol. The second kappa shape index (κ2) is 6.50. The normalized spacial score (nSPS) is 27.5. The van der Waals surface area contributed by atoms with E-state index >= 15 is 0 Å². The number of nitrogens with zero attached hydrogens (tertiary/aromatic N) is 1. The van der Waals surface area contributed by atoms with Crippen LogP contribution in [0.3, 0.4) is 0 Å². The molecule has 0 radical (unpaired) electrons. The summed E-state index contributed by atoms with van der Waals surface area (Å²) in [5.41, 5.74) is 0. The van der Waals surface area contributed by atoms with E-state index in [4.69, 9.17) is 0 Å². The molecule has 1 N–H and O–H groups in total. The lowest BCUT2D eigenvalue weighted by molar-refractivity contribution is -0.131. The highest BCUT2D eigenvalue weighted by Gasteiger charge is 2.38. The van der Waals surface area contributed by atoms with E-state index in [0.29, 0.717) is 6.04 Å². The van der Waals surface area contributed by atoms with E-state index in [1.807, 2.05) is 18.7 Å². The first-order valence-corrected chi connectivity index (χ1v) is 7.62. The molecular weight excluding hydrogens is 220 g/mol. The van der Waals surface area contributed by atoms with E-state index in [0.717, 1.165) is 25.0 Å². The van der Waals surface area contributed by atoms with Crippen LogP contribution in [-0.4, -0.2) is 41.1 Å². The average Bonchev–Trinajstić information content (AvgIpc) is 2.53. The van der Waals surface area contributed by atoms with Gasteiger partial charge in [0, 0.05) is 11.8 Å². The molecule has 4 heteroatoms. The number of nitrogens with one attached hydrogen (secondary N) is 1. The lowest BCUT2D eigenvalue weighted by atomic mass is 10.1. The SMILES string of the molecule is CCCC1NC(C)C(=O)N1C(CC)CSC. The summed E-state index contributed by atoms with van der Waals surface area (Å²) in [7, 11) is 0. The fraction of sp³-hybridized carbons (Fsp3) is 0.917. The van der Waals surface area contributed by atoms with Gasteiger partial charge in [0.1, 0.15) is 0 Å². The van der Waals surface area contributed by atoms with Gasteiger partial charge >= 0.3 is 0 Å². The number of amides is 1. The van der Waals surface area contributed by atoms with Crippen molar-refractivity contribution < 1.29 is 4.79 Å². The van der Waals surface area contributed by atoms with Gasteiger partial charge in [-0.25, -0.2) is 0 Å². The van der Waals surface area contributed by atoms with Crippen molar-refractivity contribution in [2.75, 3.05) is 12.0 Å². The lowest BCUT2D eigenvalue weighted by Crippen LogP contribution is -2.45. The molecule has 0 aromatic heterocycles. The molecule has 1 aliphatic heterocycles. The van der Waals surface area contributed by atoms with Crippen LogP contribution in [0, 0.1) is 0 Å². The second-order valence-electron chi connectivity index (χ2n) is 4.46. The van der Waals surface area contributed by atoms with E-state index in [-0.39, 0.29) is 18.1 Å². The summed E-state index contributed by atoms with van der Waals surface area (Å²) in [6.07, 6.45) is 5.57. The standard InChI is InChI=1S/C12H24N2OS/c1-5-7-11-13-9(3)12(15)14(11)10(6-2)8-16-4/h9-11,13H,5-8H2,1-4H3. The molecule has 1 rings (SSSR count). The summed E-state index contributed by atoms with van der Waals surface area (Å²) >= 11 is 1.82. The molecule has 1 saturated heterocycles. The maximum Gasteiger partial charge on any atom is 0.241 e. The van der Waals surface area contributed by atoms with E-state index in [2.05, 4.69) is 30.3 Å². The smallest absolute Gasteiger partial charge is 0.241 e. The van der Waals surface area contributed by atoms with Gasteiger partial charge in [0.15, 0.2) is 0 Å². The van der Waals surface area contributed by atoms with Crippen LogP contribution < -0.4 is 5.32 Å². The van der Waals surface area contributed by atoms with Crippen molar-refractivity contribution in [2.45, 2.75) is 58.3 Å². The summed E-state index contributed by atoms with van der Waals surface area (Å²) in [5.74, 6) is 1.32. The Morgan fingerprint density at radius 3 is 2.69 bits per heavy atom. The number of carbonyl (C=O) groups is 1. The van der Waals surface area contributed by atoms with E-state index in [1.165, 1.54) is 0 Å². The molecule has 0 bridgehead atoms. The first-order valence-electron chi connectivity index (χ1n) is 6.22. The van der Waals surface area contributed by atoms with Crippen LogP contribution in [0.15, 0.2) is 0 Å². The summed E-state index contributed by atoms with van der Waals surface area (Å²) in [5, 5.41) is 3.39. The van der Waals surface area contributed by atoms with Crippen LogP contribution in [-0.2, 0) is 4.79 Å². The van der Waals surface area contributed by atoms with Crippen LogP contribution in [0.4, 0.5) is 0 Å². The first kappa shape index (κ1) is 13.8. The van der Waals surface area contributed by atoms with Crippen molar-refractivity contribution in [3.8, 4) is 0 Å². The number of hydrogen-bond donors (Lipinski definition) is 1. The summed E-state index contributed by atoms with van der Waals surface area (Å²) in [6, 6.07) is 0.379. The fourth-order valence-electron chi connectivity index (χ4n) is 2.33. The molecule has 1 aliphatic rings. The maximum atomic E-state index is 12.1. The highest BCUT2D eigenvalue weighted by Crippen LogP contribution is 2.21. The van der Waals surface area contributed by atoms with Crippen LogP contribution in [0.5, 0.6) is 0 Å². The number of rotatable bonds is 6. The lowest BCUT2D eigenvalue weighted by Gasteiger charge is -2.31. The summed E-state index contributed by atoms with van der Waals surface area (Å²) in [4.78, 5) is 14.2. The zero-order valence-electron chi connectivity index (χ0n) is 10.8. The Kier molecular flexibility index (Phi) is 5.62. The van der Waals surface area contributed by atoms with Crippen molar-refractivity contribution in [1.82, 2.24) is 10.2 Å². The summed E-state index contributed by atoms with van der Waals surface area (Å²) in [6.45, 7) is 6.31. The first-order chi connectivity index (χ1) is 7.65. The predicted octanol–water partition coefficient (Wildman–Crippen LogP) is 2.07. The van der Waals surface area contributed by atoms with Gasteiger partial charge in [-0.2, -0.15) is 11.8 Å². The largest absolute Gasteiger partial charge is 0.322 e. The number of carbonyl (C=O) groups excluding carboxylic acids is 1. The molecule has 0 aromatic carbocycles. The van der Waals surface area contributed by atoms with Gasteiger partial charge in [0.25, 0.3) is 0 Å². The molecule has 3 unspecified atom stereocenters. The Hall–Kier alpha value is -0.220. The van der Waals surface area contributed by atoms with E-state index < -0.39 is 0 Å². The highest BCUT2D eigenvalue weighted by molar-refractivity contribution is 7.98. The predicted molar refractivity (Wildman–Crippen MR) is 70.6 cm³/mol. The van der Waals surface area contributed by atoms with Gasteiger partial charge in [-0.05, 0) is 26.0 Å². The van der Waals surface area contributed by atoms with Crippen molar-refractivity contribution in [2.24, 2.45) is 0 Å². The van der Waals surface area contributed by atoms with Gasteiger partial charge in [0.2, 0.25) is 5.91 Å². The zero-order chi connectivity index (χ0) is 12.1. The third kappa shape index (κ3) is 2.92. The Morgan fingerprint density at radius 1 is 1.50 bits per heavy atom. The number of hydrogen-bond acceptors (Lipinski definition) is 3. The Bertz CT molecular complexity index is 227. The molecule has 3 nitrogen and oxygen atoms in total. The minimum Gasteiger partial charge on any atom is -0.322 e. The van der Waals surface area contributed by atoms with Gasteiger partial charge in [-0.3, -0.25) is 10.1 Å². The molecule has 0 aromatic rings. The molecule has 0 spiro atoms. The summed E-state index contributed by atoms with van der Waals surface area (Å²) < 4.78 is 0. The zero-order valence-corrected chi connectivity index (χ0v) is 11.6. The van der Waals surface area contributed by atoms with Crippen LogP contribution >= 0.6 is 11.8 Å². The quantitative estimate of drug-likeness (QED) is 0.776. The number of thioether (sulfide) groups is 1. The van der Waals surface area contributed by atoms with Crippen molar-refractivity contribution in [3.05, 3.63) is 0 Å². The van der Waals surface area contributed by atoms with Crippen molar-refractivity contribution in [1.29, 1.82) is 0 Å². The average molecular weight is 244 g/mol. The molecular formula is C12H24N2OS. The van der Waals surface area contributed by atoms with Crippen LogP contribution in [0.25, 0.3) is 0 Å². The molecule has 1 fully saturated rings. The molecule has 1 amide bonds. The minimum absolute atomic E-state index is 0.00699. The third-order valence-corrected chi connectivity index (χ3v) is 3.91. The molecule has 0 aliphatic carbocycles. The van der Waals surface area contributed by atoms with Crippen molar-refractivity contribution in [3.63, 3.8) is 0 Å². The van der Waals surface area contributed by atoms with E-state index in [9.17, 15) is 4.79 Å². The van der Waals surface area contributed by atoms with Gasteiger partial charge < -0.3 is 4.90 Å². The Morgan fingerprint density at radius 2 is 2.19 bits per heavy atom. The fourth-order valence-corrected chi connectivity index (χ4v) is 3.12. The van der Waals surface area contributed by atoms with Gasteiger partial charge in [-0.1, -0.05) is 20.3 Å². The Balaban J connectivity index is 2.74. The van der Waals surface area contributed by atoms with Gasteiger partial charge in [-0.15, -0.1) is 0 Å².